The highest BCUT2D eigenvalue weighted by Crippen LogP contribution is 2.29. The van der Waals surface area contributed by atoms with Gasteiger partial charge in [0.1, 0.15) is 0 Å². The predicted octanol–water partition coefficient (Wildman–Crippen LogP) is 2.23. The predicted molar refractivity (Wildman–Crippen MR) is 65.9 cm³/mol. The van der Waals surface area contributed by atoms with Gasteiger partial charge in [0, 0.05) is 18.8 Å². The summed E-state index contributed by atoms with van der Waals surface area (Å²) in [5.41, 5.74) is 14.0. The van der Waals surface area contributed by atoms with Gasteiger partial charge in [0.15, 0.2) is 0 Å². The van der Waals surface area contributed by atoms with Crippen molar-refractivity contribution in [1.82, 2.24) is 0 Å². The van der Waals surface area contributed by atoms with E-state index < -0.39 is 0 Å². The van der Waals surface area contributed by atoms with E-state index in [0.29, 0.717) is 17.4 Å². The molecule has 3 heteroatoms. The second-order valence-electron chi connectivity index (χ2n) is 4.36. The number of benzene rings is 1. The Labute approximate surface area is 91.1 Å². The van der Waals surface area contributed by atoms with Gasteiger partial charge >= 0.3 is 0 Å². The van der Waals surface area contributed by atoms with E-state index in [-0.39, 0.29) is 0 Å². The zero-order valence-corrected chi connectivity index (χ0v) is 9.24. The Hall–Kier alpha value is -1.38. The standard InChI is InChI=1S/C12H19N3/c1-15(9-4-2-3-5-9)10-6-7-11(13)12(14)8-10/h6-9H,2-5,13-14H2,1H3. The quantitative estimate of drug-likeness (QED) is 0.728. The average molecular weight is 205 g/mol. The lowest BCUT2D eigenvalue weighted by Gasteiger charge is -2.26. The van der Waals surface area contributed by atoms with Crippen molar-refractivity contribution in [3.63, 3.8) is 0 Å². The fraction of sp³-hybridized carbons (Fsp3) is 0.500. The zero-order chi connectivity index (χ0) is 10.8. The number of rotatable bonds is 2. The Morgan fingerprint density at radius 3 is 2.40 bits per heavy atom. The SMILES string of the molecule is CN(c1ccc(N)c(N)c1)C1CCCC1. The molecule has 82 valence electrons. The van der Waals surface area contributed by atoms with Crippen LogP contribution in [-0.4, -0.2) is 13.1 Å². The maximum Gasteiger partial charge on any atom is 0.0568 e. The smallest absolute Gasteiger partial charge is 0.0568 e. The molecule has 0 aliphatic heterocycles. The van der Waals surface area contributed by atoms with Crippen molar-refractivity contribution in [1.29, 1.82) is 0 Å². The van der Waals surface area contributed by atoms with Crippen LogP contribution in [0.15, 0.2) is 18.2 Å². The minimum atomic E-state index is 0.665. The monoisotopic (exact) mass is 205 g/mol. The van der Waals surface area contributed by atoms with Crippen LogP contribution >= 0.6 is 0 Å². The van der Waals surface area contributed by atoms with E-state index in [1.165, 1.54) is 31.4 Å². The van der Waals surface area contributed by atoms with Crippen LogP contribution < -0.4 is 16.4 Å². The Morgan fingerprint density at radius 1 is 1.13 bits per heavy atom. The molecule has 4 N–H and O–H groups in total. The zero-order valence-electron chi connectivity index (χ0n) is 9.24. The molecule has 15 heavy (non-hydrogen) atoms. The normalized spacial score (nSPS) is 16.9. The fourth-order valence-electron chi connectivity index (χ4n) is 2.28. The van der Waals surface area contributed by atoms with Gasteiger partial charge in [-0.15, -0.1) is 0 Å². The highest BCUT2D eigenvalue weighted by molar-refractivity contribution is 5.69. The van der Waals surface area contributed by atoms with Crippen molar-refractivity contribution in [2.75, 3.05) is 23.4 Å². The summed E-state index contributed by atoms with van der Waals surface area (Å²) in [5, 5.41) is 0. The molecule has 2 rings (SSSR count). The van der Waals surface area contributed by atoms with E-state index in [2.05, 4.69) is 11.9 Å². The molecule has 0 radical (unpaired) electrons. The fourth-order valence-corrected chi connectivity index (χ4v) is 2.28. The molecule has 0 atom stereocenters. The van der Waals surface area contributed by atoms with Crippen LogP contribution in [-0.2, 0) is 0 Å². The largest absolute Gasteiger partial charge is 0.397 e. The van der Waals surface area contributed by atoms with E-state index in [0.717, 1.165) is 0 Å². The Bertz CT molecular complexity index is 343. The van der Waals surface area contributed by atoms with Crippen molar-refractivity contribution >= 4 is 17.1 Å². The van der Waals surface area contributed by atoms with Gasteiger partial charge in [-0.3, -0.25) is 0 Å². The first-order chi connectivity index (χ1) is 7.18. The number of hydrogen-bond donors (Lipinski definition) is 2. The molecule has 1 aliphatic rings. The van der Waals surface area contributed by atoms with Crippen molar-refractivity contribution in [2.24, 2.45) is 0 Å². The topological polar surface area (TPSA) is 55.3 Å². The lowest BCUT2D eigenvalue weighted by molar-refractivity contribution is 0.653. The van der Waals surface area contributed by atoms with Gasteiger partial charge < -0.3 is 16.4 Å². The number of nitrogens with zero attached hydrogens (tertiary/aromatic N) is 1. The molecule has 1 fully saturated rings. The molecule has 1 saturated carbocycles. The molecule has 0 amide bonds. The van der Waals surface area contributed by atoms with Gasteiger partial charge in [0.05, 0.1) is 11.4 Å². The molecule has 1 aromatic carbocycles. The minimum Gasteiger partial charge on any atom is -0.397 e. The molecule has 3 nitrogen and oxygen atoms in total. The van der Waals surface area contributed by atoms with Crippen LogP contribution in [0.1, 0.15) is 25.7 Å². The average Bonchev–Trinajstić information content (AvgIpc) is 2.74. The molecule has 0 spiro atoms. The van der Waals surface area contributed by atoms with Crippen LogP contribution in [0.4, 0.5) is 17.1 Å². The van der Waals surface area contributed by atoms with Gasteiger partial charge in [-0.1, -0.05) is 12.8 Å². The maximum atomic E-state index is 5.81. The summed E-state index contributed by atoms with van der Waals surface area (Å²) in [4.78, 5) is 2.32. The van der Waals surface area contributed by atoms with Gasteiger partial charge in [-0.25, -0.2) is 0 Å². The number of anilines is 3. The van der Waals surface area contributed by atoms with Crippen molar-refractivity contribution in [3.8, 4) is 0 Å². The highest BCUT2D eigenvalue weighted by atomic mass is 15.1. The number of nitrogen functional groups attached to an aromatic ring is 2. The molecule has 1 aliphatic carbocycles. The third kappa shape index (κ3) is 2.01. The highest BCUT2D eigenvalue weighted by Gasteiger charge is 2.19. The van der Waals surface area contributed by atoms with Crippen molar-refractivity contribution < 1.29 is 0 Å². The second kappa shape index (κ2) is 4.01. The maximum absolute atomic E-state index is 5.81. The first kappa shape index (κ1) is 10.1. The van der Waals surface area contributed by atoms with Crippen LogP contribution in [0.3, 0.4) is 0 Å². The summed E-state index contributed by atoms with van der Waals surface area (Å²) in [6, 6.07) is 6.57. The summed E-state index contributed by atoms with van der Waals surface area (Å²) < 4.78 is 0. The first-order valence-corrected chi connectivity index (χ1v) is 5.56. The minimum absolute atomic E-state index is 0.665. The molecular formula is C12H19N3. The lowest BCUT2D eigenvalue weighted by Crippen LogP contribution is -2.28. The molecular weight excluding hydrogens is 186 g/mol. The van der Waals surface area contributed by atoms with E-state index in [9.17, 15) is 0 Å². The molecule has 0 bridgehead atoms. The first-order valence-electron chi connectivity index (χ1n) is 5.56. The Balaban J connectivity index is 2.17. The van der Waals surface area contributed by atoms with Crippen molar-refractivity contribution in [3.05, 3.63) is 18.2 Å². The third-order valence-electron chi connectivity index (χ3n) is 3.35. The number of hydrogen-bond acceptors (Lipinski definition) is 3. The summed E-state index contributed by atoms with van der Waals surface area (Å²) in [5.74, 6) is 0. The van der Waals surface area contributed by atoms with Crippen LogP contribution in [0.5, 0.6) is 0 Å². The van der Waals surface area contributed by atoms with E-state index >= 15 is 0 Å². The van der Waals surface area contributed by atoms with E-state index in [1.54, 1.807) is 0 Å². The van der Waals surface area contributed by atoms with E-state index in [1.807, 2.05) is 18.2 Å². The lowest BCUT2D eigenvalue weighted by atomic mass is 10.1. The van der Waals surface area contributed by atoms with E-state index in [4.69, 9.17) is 11.5 Å². The molecule has 0 aromatic heterocycles. The van der Waals surface area contributed by atoms with Gasteiger partial charge in [-0.2, -0.15) is 0 Å². The summed E-state index contributed by atoms with van der Waals surface area (Å²) in [6.45, 7) is 0. The van der Waals surface area contributed by atoms with Crippen LogP contribution in [0.25, 0.3) is 0 Å². The van der Waals surface area contributed by atoms with Gasteiger partial charge in [0.25, 0.3) is 0 Å². The van der Waals surface area contributed by atoms with Crippen molar-refractivity contribution in [2.45, 2.75) is 31.7 Å². The van der Waals surface area contributed by atoms with Gasteiger partial charge in [-0.05, 0) is 31.0 Å². The summed E-state index contributed by atoms with van der Waals surface area (Å²) >= 11 is 0. The summed E-state index contributed by atoms with van der Waals surface area (Å²) in [7, 11) is 2.14. The van der Waals surface area contributed by atoms with Crippen LogP contribution in [0.2, 0.25) is 0 Å². The Morgan fingerprint density at radius 2 is 1.80 bits per heavy atom. The molecule has 1 aromatic rings. The number of nitrogens with two attached hydrogens (primary N) is 2. The Kier molecular flexibility index (Phi) is 2.71. The van der Waals surface area contributed by atoms with Crippen LogP contribution in [0, 0.1) is 0 Å². The third-order valence-corrected chi connectivity index (χ3v) is 3.35. The summed E-state index contributed by atoms with van der Waals surface area (Å²) in [6.07, 6.45) is 5.28. The van der Waals surface area contributed by atoms with Gasteiger partial charge in [0.2, 0.25) is 0 Å². The molecule has 0 unspecified atom stereocenters. The second-order valence-corrected chi connectivity index (χ2v) is 4.36. The molecule has 0 saturated heterocycles. The molecule has 0 heterocycles.